The van der Waals surface area contributed by atoms with Crippen molar-refractivity contribution >= 4 is 35.0 Å². The van der Waals surface area contributed by atoms with E-state index in [9.17, 15) is 14.7 Å². The molecular formula is C20H18N3O3-. The molecule has 0 bridgehead atoms. The van der Waals surface area contributed by atoms with E-state index in [0.29, 0.717) is 17.0 Å². The topological polar surface area (TPSA) is 76.0 Å². The first-order valence-electron chi connectivity index (χ1n) is 8.07. The molecule has 1 amide bonds. The molecule has 26 heavy (non-hydrogen) atoms. The summed E-state index contributed by atoms with van der Waals surface area (Å²) in [6.45, 7) is 1.75. The number of rotatable bonds is 4. The Hall–Kier alpha value is -3.41. The number of aromatic carboxylic acids is 1. The summed E-state index contributed by atoms with van der Waals surface area (Å²) >= 11 is 0. The Bertz CT molecular complexity index is 928. The van der Waals surface area contributed by atoms with Crippen molar-refractivity contribution in [2.45, 2.75) is 6.92 Å². The maximum Gasteiger partial charge on any atom is 0.280 e. The number of hydrazone groups is 1. The second-order valence-corrected chi connectivity index (χ2v) is 6.18. The smallest absolute Gasteiger partial charge is 0.280 e. The van der Waals surface area contributed by atoms with Gasteiger partial charge in [-0.25, -0.2) is 0 Å². The molecule has 2 aromatic rings. The fourth-order valence-electron chi connectivity index (χ4n) is 2.66. The van der Waals surface area contributed by atoms with Crippen LogP contribution in [0.1, 0.15) is 22.8 Å². The van der Waals surface area contributed by atoms with Gasteiger partial charge in [0.1, 0.15) is 0 Å². The lowest BCUT2D eigenvalue weighted by molar-refractivity contribution is -0.255. The maximum atomic E-state index is 12.7. The van der Waals surface area contributed by atoms with Crippen molar-refractivity contribution in [3.05, 3.63) is 65.2 Å². The molecule has 0 N–H and O–H groups in total. The highest BCUT2D eigenvalue weighted by atomic mass is 16.4. The normalized spacial score (nSPS) is 15.3. The Balaban J connectivity index is 1.90. The number of carboxylic acids is 1. The fourth-order valence-corrected chi connectivity index (χ4v) is 2.66. The molecule has 1 heterocycles. The van der Waals surface area contributed by atoms with E-state index in [-0.39, 0.29) is 11.5 Å². The van der Waals surface area contributed by atoms with E-state index in [2.05, 4.69) is 5.10 Å². The zero-order valence-electron chi connectivity index (χ0n) is 14.8. The fraction of sp³-hybridized carbons (Fsp3) is 0.150. The quantitative estimate of drug-likeness (QED) is 0.791. The van der Waals surface area contributed by atoms with Crippen LogP contribution in [-0.2, 0) is 4.79 Å². The summed E-state index contributed by atoms with van der Waals surface area (Å²) in [6.07, 6.45) is 1.78. The lowest BCUT2D eigenvalue weighted by Crippen LogP contribution is -2.24. The molecule has 1 aliphatic heterocycles. The third-order valence-electron chi connectivity index (χ3n) is 4.11. The van der Waals surface area contributed by atoms with Gasteiger partial charge in [-0.3, -0.25) is 4.79 Å². The van der Waals surface area contributed by atoms with E-state index >= 15 is 0 Å². The lowest BCUT2D eigenvalue weighted by Gasteiger charge is -2.13. The monoisotopic (exact) mass is 348 g/mol. The molecule has 0 aliphatic carbocycles. The lowest BCUT2D eigenvalue weighted by atomic mass is 10.1. The number of carbonyl (C=O) groups excluding carboxylic acids is 2. The Morgan fingerprint density at radius 3 is 2.46 bits per heavy atom. The molecule has 3 rings (SSSR count). The molecule has 0 spiro atoms. The first-order chi connectivity index (χ1) is 12.4. The van der Waals surface area contributed by atoms with Crippen LogP contribution >= 0.6 is 0 Å². The van der Waals surface area contributed by atoms with Crippen molar-refractivity contribution in [3.8, 4) is 0 Å². The van der Waals surface area contributed by atoms with Gasteiger partial charge in [0, 0.05) is 19.8 Å². The van der Waals surface area contributed by atoms with Crippen LogP contribution in [0, 0.1) is 0 Å². The molecule has 0 saturated carbocycles. The van der Waals surface area contributed by atoms with Gasteiger partial charge >= 0.3 is 0 Å². The molecule has 0 unspecified atom stereocenters. The molecule has 0 fully saturated rings. The van der Waals surface area contributed by atoms with Gasteiger partial charge in [0.05, 0.1) is 22.9 Å². The summed E-state index contributed by atoms with van der Waals surface area (Å²) < 4.78 is 0. The van der Waals surface area contributed by atoms with Gasteiger partial charge < -0.3 is 14.8 Å². The minimum absolute atomic E-state index is 0.000133. The molecule has 6 nitrogen and oxygen atoms in total. The highest BCUT2D eigenvalue weighted by Gasteiger charge is 2.28. The summed E-state index contributed by atoms with van der Waals surface area (Å²) in [5, 5.41) is 16.5. The summed E-state index contributed by atoms with van der Waals surface area (Å²) in [4.78, 5) is 25.8. The molecule has 6 heteroatoms. The summed E-state index contributed by atoms with van der Waals surface area (Å²) in [7, 11) is 3.92. The first kappa shape index (κ1) is 17.4. The van der Waals surface area contributed by atoms with Gasteiger partial charge in [0.25, 0.3) is 5.91 Å². The number of hydrogen-bond acceptors (Lipinski definition) is 5. The molecule has 0 radical (unpaired) electrons. The van der Waals surface area contributed by atoms with Crippen LogP contribution in [-0.4, -0.2) is 31.7 Å². The molecule has 132 valence electrons. The summed E-state index contributed by atoms with van der Waals surface area (Å²) in [6, 6.07) is 13.8. The van der Waals surface area contributed by atoms with Crippen LogP contribution in [0.25, 0.3) is 6.08 Å². The minimum Gasteiger partial charge on any atom is -0.545 e. The first-order valence-corrected chi connectivity index (χ1v) is 8.07. The van der Waals surface area contributed by atoms with Crippen molar-refractivity contribution < 1.29 is 14.7 Å². The molecule has 1 aliphatic rings. The van der Waals surface area contributed by atoms with Crippen molar-refractivity contribution in [2.24, 2.45) is 5.10 Å². The maximum absolute atomic E-state index is 12.7. The van der Waals surface area contributed by atoms with Crippen LogP contribution in [0.15, 0.2) is 59.2 Å². The predicted octanol–water partition coefficient (Wildman–Crippen LogP) is 1.92. The van der Waals surface area contributed by atoms with Crippen molar-refractivity contribution in [1.29, 1.82) is 0 Å². The molecule has 0 aromatic heterocycles. The molecular weight excluding hydrogens is 330 g/mol. The zero-order valence-corrected chi connectivity index (χ0v) is 14.8. The van der Waals surface area contributed by atoms with Gasteiger partial charge in [0.15, 0.2) is 0 Å². The van der Waals surface area contributed by atoms with Crippen LogP contribution in [0.3, 0.4) is 0 Å². The van der Waals surface area contributed by atoms with E-state index < -0.39 is 5.97 Å². The third kappa shape index (κ3) is 3.35. The van der Waals surface area contributed by atoms with Crippen LogP contribution in [0.4, 0.5) is 11.4 Å². The number of nitrogens with zero attached hydrogens (tertiary/aromatic N) is 3. The van der Waals surface area contributed by atoms with E-state index in [4.69, 9.17) is 0 Å². The highest BCUT2D eigenvalue weighted by Crippen LogP contribution is 2.26. The number of carboxylic acid groups (broad SMARTS) is 1. The van der Waals surface area contributed by atoms with E-state index in [0.717, 1.165) is 11.3 Å². The van der Waals surface area contributed by atoms with Gasteiger partial charge in [0.2, 0.25) is 0 Å². The average molecular weight is 348 g/mol. The molecule has 2 aromatic carbocycles. The molecule has 0 saturated heterocycles. The Labute approximate surface area is 151 Å². The predicted molar refractivity (Wildman–Crippen MR) is 100 cm³/mol. The minimum atomic E-state index is -1.30. The summed E-state index contributed by atoms with van der Waals surface area (Å²) in [5.41, 5.74) is 3.39. The van der Waals surface area contributed by atoms with E-state index in [1.54, 1.807) is 25.1 Å². The average Bonchev–Trinajstić information content (AvgIpc) is 2.90. The van der Waals surface area contributed by atoms with Gasteiger partial charge in [-0.1, -0.05) is 24.3 Å². The number of amides is 1. The Kier molecular flexibility index (Phi) is 4.58. The number of anilines is 2. The van der Waals surface area contributed by atoms with E-state index in [1.807, 2.05) is 43.3 Å². The van der Waals surface area contributed by atoms with Gasteiger partial charge in [-0.2, -0.15) is 10.1 Å². The zero-order chi connectivity index (χ0) is 18.8. The van der Waals surface area contributed by atoms with Crippen molar-refractivity contribution in [1.82, 2.24) is 0 Å². The number of hydrogen-bond donors (Lipinski definition) is 0. The summed E-state index contributed by atoms with van der Waals surface area (Å²) in [5.74, 6) is -1.59. The number of benzene rings is 2. The second-order valence-electron chi connectivity index (χ2n) is 6.18. The SMILES string of the molecule is CC1=NN(c2cccc(C(=O)[O-])c2)C(=O)/C1=C\c1ccc(N(C)C)cc1. The number of carbonyl (C=O) groups is 2. The van der Waals surface area contributed by atoms with Gasteiger partial charge in [-0.05, 0) is 48.4 Å². The van der Waals surface area contributed by atoms with Crippen LogP contribution in [0.5, 0.6) is 0 Å². The Morgan fingerprint density at radius 1 is 1.15 bits per heavy atom. The van der Waals surface area contributed by atoms with Gasteiger partial charge in [-0.15, -0.1) is 0 Å². The standard InChI is InChI=1S/C20H19N3O3/c1-13-18(11-14-7-9-16(10-8-14)22(2)3)19(24)23(21-13)17-6-4-5-15(12-17)20(25)26/h4-12H,1-3H3,(H,25,26)/p-1/b18-11-. The third-order valence-corrected chi connectivity index (χ3v) is 4.11. The Morgan fingerprint density at radius 2 is 1.85 bits per heavy atom. The molecule has 0 atom stereocenters. The van der Waals surface area contributed by atoms with Crippen molar-refractivity contribution in [2.75, 3.05) is 24.0 Å². The van der Waals surface area contributed by atoms with Crippen molar-refractivity contribution in [3.63, 3.8) is 0 Å². The highest BCUT2D eigenvalue weighted by molar-refractivity contribution is 6.32. The van der Waals surface area contributed by atoms with E-state index in [1.165, 1.54) is 17.1 Å². The largest absolute Gasteiger partial charge is 0.545 e. The van der Waals surface area contributed by atoms with Crippen LogP contribution < -0.4 is 15.0 Å². The van der Waals surface area contributed by atoms with Crippen LogP contribution in [0.2, 0.25) is 0 Å². The second kappa shape index (κ2) is 6.84.